The van der Waals surface area contributed by atoms with E-state index in [1.54, 1.807) is 6.07 Å². The molecule has 1 aromatic heterocycles. The van der Waals surface area contributed by atoms with E-state index in [1.165, 1.54) is 0 Å². The molecular formula is C24H24N4O2. The van der Waals surface area contributed by atoms with Gasteiger partial charge in [0.1, 0.15) is 5.82 Å². The second-order valence-corrected chi connectivity index (χ2v) is 7.32. The van der Waals surface area contributed by atoms with Crippen molar-refractivity contribution < 1.29 is 4.79 Å². The number of carbonyl (C=O) groups is 1. The molecule has 0 saturated carbocycles. The van der Waals surface area contributed by atoms with Gasteiger partial charge in [-0.15, -0.1) is 0 Å². The van der Waals surface area contributed by atoms with Crippen LogP contribution in [0.5, 0.6) is 0 Å². The molecule has 1 atom stereocenters. The van der Waals surface area contributed by atoms with Crippen LogP contribution in [0.1, 0.15) is 19.7 Å². The molecular weight excluding hydrogens is 376 g/mol. The first kappa shape index (κ1) is 19.8. The molecule has 0 aliphatic carbocycles. The first-order valence-corrected chi connectivity index (χ1v) is 10.1. The third kappa shape index (κ3) is 4.09. The van der Waals surface area contributed by atoms with Gasteiger partial charge in [0.05, 0.1) is 23.5 Å². The Morgan fingerprint density at radius 3 is 2.60 bits per heavy atom. The molecule has 1 unspecified atom stereocenters. The summed E-state index contributed by atoms with van der Waals surface area (Å²) in [5.41, 5.74) is 1.25. The zero-order valence-electron chi connectivity index (χ0n) is 17.1. The highest BCUT2D eigenvalue weighted by Crippen LogP contribution is 2.19. The molecule has 0 aliphatic heterocycles. The number of hydrogen-bond donors (Lipinski definition) is 2. The summed E-state index contributed by atoms with van der Waals surface area (Å²) >= 11 is 0. The van der Waals surface area contributed by atoms with Crippen LogP contribution >= 0.6 is 0 Å². The number of carbonyl (C=O) groups excluding carboxylic acids is 1. The van der Waals surface area contributed by atoms with Gasteiger partial charge >= 0.3 is 0 Å². The SMILES string of the molecule is CCN(Cc1nc2ccccc2c(=O)[nH]1)C(C)C(=O)Nc1ccc2ccccc2c1. The molecule has 0 radical (unpaired) electrons. The van der Waals surface area contributed by atoms with Gasteiger partial charge in [-0.05, 0) is 48.5 Å². The minimum absolute atomic E-state index is 0.102. The minimum atomic E-state index is -0.391. The Labute approximate surface area is 174 Å². The van der Waals surface area contributed by atoms with Crippen LogP contribution in [-0.4, -0.2) is 33.4 Å². The topological polar surface area (TPSA) is 78.1 Å². The van der Waals surface area contributed by atoms with Gasteiger partial charge < -0.3 is 10.3 Å². The fourth-order valence-electron chi connectivity index (χ4n) is 3.60. The van der Waals surface area contributed by atoms with Gasteiger partial charge in [-0.2, -0.15) is 0 Å². The quantitative estimate of drug-likeness (QED) is 0.514. The number of para-hydroxylation sites is 1. The molecule has 2 N–H and O–H groups in total. The number of H-pyrrole nitrogens is 1. The Morgan fingerprint density at radius 2 is 1.80 bits per heavy atom. The molecule has 3 aromatic carbocycles. The summed E-state index contributed by atoms with van der Waals surface area (Å²) in [6.07, 6.45) is 0. The van der Waals surface area contributed by atoms with E-state index < -0.39 is 6.04 Å². The van der Waals surface area contributed by atoms with Crippen molar-refractivity contribution in [2.24, 2.45) is 0 Å². The molecule has 1 heterocycles. The number of nitrogens with zero attached hydrogens (tertiary/aromatic N) is 2. The molecule has 0 bridgehead atoms. The van der Waals surface area contributed by atoms with Crippen LogP contribution in [0.25, 0.3) is 21.7 Å². The Bertz CT molecular complexity index is 1260. The normalized spacial score (nSPS) is 12.4. The summed E-state index contributed by atoms with van der Waals surface area (Å²) in [5.74, 6) is 0.446. The summed E-state index contributed by atoms with van der Waals surface area (Å²) in [6, 6.07) is 20.8. The predicted molar refractivity (Wildman–Crippen MR) is 120 cm³/mol. The first-order chi connectivity index (χ1) is 14.5. The smallest absolute Gasteiger partial charge is 0.258 e. The third-order valence-electron chi connectivity index (χ3n) is 5.37. The lowest BCUT2D eigenvalue weighted by Gasteiger charge is -2.26. The number of nitrogens with one attached hydrogen (secondary N) is 2. The largest absolute Gasteiger partial charge is 0.325 e. The van der Waals surface area contributed by atoms with E-state index in [-0.39, 0.29) is 11.5 Å². The van der Waals surface area contributed by atoms with E-state index in [0.29, 0.717) is 29.8 Å². The zero-order chi connectivity index (χ0) is 21.1. The van der Waals surface area contributed by atoms with E-state index in [1.807, 2.05) is 79.4 Å². The predicted octanol–water partition coefficient (Wildman–Crippen LogP) is 3.93. The molecule has 4 rings (SSSR count). The number of benzene rings is 3. The number of amides is 1. The molecule has 0 spiro atoms. The van der Waals surface area contributed by atoms with E-state index in [2.05, 4.69) is 15.3 Å². The lowest BCUT2D eigenvalue weighted by molar-refractivity contribution is -0.120. The lowest BCUT2D eigenvalue weighted by atomic mass is 10.1. The number of hydrogen-bond acceptors (Lipinski definition) is 4. The van der Waals surface area contributed by atoms with Gasteiger partial charge in [-0.1, -0.05) is 49.4 Å². The number of aromatic nitrogens is 2. The summed E-state index contributed by atoms with van der Waals surface area (Å²) < 4.78 is 0. The minimum Gasteiger partial charge on any atom is -0.325 e. The Morgan fingerprint density at radius 1 is 1.07 bits per heavy atom. The molecule has 152 valence electrons. The molecule has 30 heavy (non-hydrogen) atoms. The van der Waals surface area contributed by atoms with Gasteiger partial charge in [0, 0.05) is 5.69 Å². The highest BCUT2D eigenvalue weighted by molar-refractivity contribution is 5.97. The van der Waals surface area contributed by atoms with Crippen molar-refractivity contribution in [2.75, 3.05) is 11.9 Å². The van der Waals surface area contributed by atoms with Gasteiger partial charge in [0.15, 0.2) is 0 Å². The van der Waals surface area contributed by atoms with E-state index >= 15 is 0 Å². The number of aromatic amines is 1. The standard InChI is InChI=1S/C24H24N4O2/c1-3-28(15-22-26-21-11-7-6-10-20(21)24(30)27-22)16(2)23(29)25-19-13-12-17-8-4-5-9-18(17)14-19/h4-14,16H,3,15H2,1-2H3,(H,25,29)(H,26,27,30). The van der Waals surface area contributed by atoms with Crippen LogP contribution in [-0.2, 0) is 11.3 Å². The van der Waals surface area contributed by atoms with Crippen LogP contribution in [0.2, 0.25) is 0 Å². The molecule has 0 aliphatic rings. The Hall–Kier alpha value is -3.51. The average Bonchev–Trinajstić information content (AvgIpc) is 2.77. The van der Waals surface area contributed by atoms with Crippen LogP contribution < -0.4 is 10.9 Å². The number of anilines is 1. The van der Waals surface area contributed by atoms with Gasteiger partial charge in [0.25, 0.3) is 5.56 Å². The summed E-state index contributed by atoms with van der Waals surface area (Å²) in [6.45, 7) is 4.86. The van der Waals surface area contributed by atoms with Crippen molar-refractivity contribution in [1.82, 2.24) is 14.9 Å². The maximum Gasteiger partial charge on any atom is 0.258 e. The monoisotopic (exact) mass is 400 g/mol. The Balaban J connectivity index is 1.50. The highest BCUT2D eigenvalue weighted by Gasteiger charge is 2.21. The van der Waals surface area contributed by atoms with Gasteiger partial charge in [-0.25, -0.2) is 4.98 Å². The fraction of sp³-hybridized carbons (Fsp3) is 0.208. The van der Waals surface area contributed by atoms with Crippen molar-refractivity contribution in [3.8, 4) is 0 Å². The number of rotatable bonds is 6. The zero-order valence-corrected chi connectivity index (χ0v) is 17.1. The molecule has 1 amide bonds. The maximum atomic E-state index is 12.9. The van der Waals surface area contributed by atoms with Gasteiger partial charge in [0.2, 0.25) is 5.91 Å². The summed E-state index contributed by atoms with van der Waals surface area (Å²) in [5, 5.41) is 5.77. The summed E-state index contributed by atoms with van der Waals surface area (Å²) in [4.78, 5) is 34.6. The maximum absolute atomic E-state index is 12.9. The van der Waals surface area contributed by atoms with E-state index in [4.69, 9.17) is 0 Å². The fourth-order valence-corrected chi connectivity index (χ4v) is 3.60. The van der Waals surface area contributed by atoms with Crippen molar-refractivity contribution in [1.29, 1.82) is 0 Å². The molecule has 6 nitrogen and oxygen atoms in total. The van der Waals surface area contributed by atoms with Crippen LogP contribution in [0.4, 0.5) is 5.69 Å². The number of fused-ring (bicyclic) bond motifs is 2. The lowest BCUT2D eigenvalue weighted by Crippen LogP contribution is -2.42. The van der Waals surface area contributed by atoms with E-state index in [0.717, 1.165) is 16.5 Å². The second-order valence-electron chi connectivity index (χ2n) is 7.32. The molecule has 0 saturated heterocycles. The van der Waals surface area contributed by atoms with Gasteiger partial charge in [-0.3, -0.25) is 14.5 Å². The van der Waals surface area contributed by atoms with Crippen molar-refractivity contribution in [3.05, 3.63) is 82.9 Å². The molecule has 4 aromatic rings. The van der Waals surface area contributed by atoms with Crippen molar-refractivity contribution >= 4 is 33.3 Å². The number of likely N-dealkylation sites (N-methyl/N-ethyl adjacent to an activating group) is 1. The van der Waals surface area contributed by atoms with Crippen molar-refractivity contribution in [3.63, 3.8) is 0 Å². The van der Waals surface area contributed by atoms with E-state index in [9.17, 15) is 9.59 Å². The van der Waals surface area contributed by atoms with Crippen LogP contribution in [0.3, 0.4) is 0 Å². The third-order valence-corrected chi connectivity index (χ3v) is 5.37. The summed E-state index contributed by atoms with van der Waals surface area (Å²) in [7, 11) is 0. The van der Waals surface area contributed by atoms with Crippen molar-refractivity contribution in [2.45, 2.75) is 26.4 Å². The first-order valence-electron chi connectivity index (χ1n) is 10.1. The average molecular weight is 400 g/mol. The van der Waals surface area contributed by atoms with Crippen LogP contribution in [0.15, 0.2) is 71.5 Å². The van der Waals surface area contributed by atoms with Crippen LogP contribution in [0, 0.1) is 0 Å². The Kier molecular flexibility index (Phi) is 5.59. The molecule has 6 heteroatoms. The second kappa shape index (κ2) is 8.47. The molecule has 0 fully saturated rings. The highest BCUT2D eigenvalue weighted by atomic mass is 16.2.